The van der Waals surface area contributed by atoms with Crippen LogP contribution in [0.25, 0.3) is 0 Å². The molecule has 0 bridgehead atoms. The highest BCUT2D eigenvalue weighted by atomic mass is 79.9. The topological polar surface area (TPSA) is 20.2 Å². The molecule has 0 spiro atoms. The van der Waals surface area contributed by atoms with E-state index in [0.29, 0.717) is 5.75 Å². The lowest BCUT2D eigenvalue weighted by molar-refractivity contribution is 0.465. The van der Waals surface area contributed by atoms with E-state index in [1.165, 1.54) is 32.1 Å². The predicted octanol–water partition coefficient (Wildman–Crippen LogP) is 6.08. The minimum Gasteiger partial charge on any atom is -0.508 e. The lowest BCUT2D eigenvalue weighted by Gasteiger charge is -2.12. The third-order valence-electron chi connectivity index (χ3n) is 3.20. The normalized spacial score (nSPS) is 11.1. The molecule has 0 amide bonds. The molecule has 0 aliphatic rings. The molecule has 0 unspecified atom stereocenters. The van der Waals surface area contributed by atoms with Crippen molar-refractivity contribution in [2.24, 2.45) is 0 Å². The molecule has 3 heteroatoms. The minimum absolute atomic E-state index is 0.118. The third kappa shape index (κ3) is 5.31. The van der Waals surface area contributed by atoms with Gasteiger partial charge in [0, 0.05) is 0 Å². The van der Waals surface area contributed by atoms with Crippen LogP contribution in [-0.4, -0.2) is 5.11 Å². The summed E-state index contributed by atoms with van der Waals surface area (Å²) in [4.78, 5) is 0. The smallest absolute Gasteiger partial charge is 0.119 e. The second-order valence-electron chi connectivity index (χ2n) is 4.66. The zero-order chi connectivity index (χ0) is 13.4. The van der Waals surface area contributed by atoms with Crippen molar-refractivity contribution in [1.29, 1.82) is 0 Å². The first-order valence-corrected chi connectivity index (χ1v) is 8.58. The first-order chi connectivity index (χ1) is 8.66. The summed E-state index contributed by atoms with van der Waals surface area (Å²) in [6.45, 7) is 2.24. The maximum atomic E-state index is 9.94. The zero-order valence-corrected chi connectivity index (χ0v) is 14.1. The fourth-order valence-electron chi connectivity index (χ4n) is 2.15. The Morgan fingerprint density at radius 2 is 1.72 bits per heavy atom. The standard InChI is InChI=1S/C15H22Br2O/c1-2-3-4-5-6-7-9-12-13(15(16)17)10-8-11-14(12)18/h8,10-11,15,18H,2-7,9H2,1H3. The molecule has 0 radical (unpaired) electrons. The Bertz CT molecular complexity index is 350. The number of rotatable bonds is 8. The Kier molecular flexibility index (Phi) is 8.00. The molecule has 0 saturated carbocycles. The Morgan fingerprint density at radius 3 is 2.39 bits per heavy atom. The van der Waals surface area contributed by atoms with Crippen LogP contribution in [0.2, 0.25) is 0 Å². The summed E-state index contributed by atoms with van der Waals surface area (Å²) in [6, 6.07) is 5.73. The maximum Gasteiger partial charge on any atom is 0.119 e. The molecule has 0 aliphatic heterocycles. The van der Waals surface area contributed by atoms with Crippen LogP contribution < -0.4 is 0 Å². The SMILES string of the molecule is CCCCCCCCc1c(O)cccc1C(Br)Br. The highest BCUT2D eigenvalue weighted by Crippen LogP contribution is 2.36. The number of phenolic OH excluding ortho intramolecular Hbond substituents is 1. The molecule has 102 valence electrons. The molecular formula is C15H22Br2O. The van der Waals surface area contributed by atoms with Gasteiger partial charge in [0.15, 0.2) is 0 Å². The molecule has 1 aromatic carbocycles. The fraction of sp³-hybridized carbons (Fsp3) is 0.600. The van der Waals surface area contributed by atoms with E-state index in [2.05, 4.69) is 44.8 Å². The van der Waals surface area contributed by atoms with E-state index in [9.17, 15) is 5.11 Å². The maximum absolute atomic E-state index is 9.94. The summed E-state index contributed by atoms with van der Waals surface area (Å²) in [5.74, 6) is 0.421. The van der Waals surface area contributed by atoms with Crippen LogP contribution in [0, 0.1) is 0 Å². The van der Waals surface area contributed by atoms with E-state index in [0.717, 1.165) is 24.0 Å². The van der Waals surface area contributed by atoms with Gasteiger partial charge in [0.05, 0.1) is 3.74 Å². The zero-order valence-electron chi connectivity index (χ0n) is 11.0. The molecule has 0 heterocycles. The average Bonchev–Trinajstić information content (AvgIpc) is 2.34. The second kappa shape index (κ2) is 8.98. The monoisotopic (exact) mass is 376 g/mol. The van der Waals surface area contributed by atoms with Crippen molar-refractivity contribution in [3.05, 3.63) is 29.3 Å². The average molecular weight is 378 g/mol. The molecule has 1 N–H and O–H groups in total. The number of benzene rings is 1. The largest absolute Gasteiger partial charge is 0.508 e. The van der Waals surface area contributed by atoms with Crippen LogP contribution >= 0.6 is 31.9 Å². The van der Waals surface area contributed by atoms with Gasteiger partial charge in [-0.3, -0.25) is 0 Å². The summed E-state index contributed by atoms with van der Waals surface area (Å²) < 4.78 is 0.118. The van der Waals surface area contributed by atoms with Crippen LogP contribution in [0.1, 0.15) is 60.3 Å². The molecule has 0 fully saturated rings. The Morgan fingerprint density at radius 1 is 1.06 bits per heavy atom. The van der Waals surface area contributed by atoms with Gasteiger partial charge in [-0.15, -0.1) is 0 Å². The molecule has 1 aromatic rings. The van der Waals surface area contributed by atoms with Crippen LogP contribution in [0.15, 0.2) is 18.2 Å². The van der Waals surface area contributed by atoms with Crippen molar-refractivity contribution in [3.8, 4) is 5.75 Å². The van der Waals surface area contributed by atoms with E-state index < -0.39 is 0 Å². The van der Waals surface area contributed by atoms with E-state index in [4.69, 9.17) is 0 Å². The van der Waals surface area contributed by atoms with Gasteiger partial charge < -0.3 is 5.11 Å². The summed E-state index contributed by atoms with van der Waals surface area (Å²) in [5.41, 5.74) is 2.22. The fourth-order valence-corrected chi connectivity index (χ4v) is 3.01. The van der Waals surface area contributed by atoms with Gasteiger partial charge in [0.25, 0.3) is 0 Å². The highest BCUT2D eigenvalue weighted by Gasteiger charge is 2.12. The number of hydrogen-bond acceptors (Lipinski definition) is 1. The molecule has 0 saturated heterocycles. The number of unbranched alkanes of at least 4 members (excludes halogenated alkanes) is 5. The molecule has 0 aliphatic carbocycles. The molecule has 0 aromatic heterocycles. The Balaban J connectivity index is 2.46. The van der Waals surface area contributed by atoms with Crippen molar-refractivity contribution in [2.75, 3.05) is 0 Å². The third-order valence-corrected chi connectivity index (χ3v) is 4.19. The number of phenols is 1. The van der Waals surface area contributed by atoms with Crippen molar-refractivity contribution in [3.63, 3.8) is 0 Å². The predicted molar refractivity (Wildman–Crippen MR) is 85.8 cm³/mol. The molecule has 0 atom stereocenters. The van der Waals surface area contributed by atoms with Gasteiger partial charge in [-0.25, -0.2) is 0 Å². The van der Waals surface area contributed by atoms with Crippen LogP contribution in [0.3, 0.4) is 0 Å². The summed E-state index contributed by atoms with van der Waals surface area (Å²) in [5, 5.41) is 9.94. The van der Waals surface area contributed by atoms with Gasteiger partial charge in [-0.1, -0.05) is 83.0 Å². The Hall–Kier alpha value is -0.0200. The van der Waals surface area contributed by atoms with Crippen molar-refractivity contribution >= 4 is 31.9 Å². The molecular weight excluding hydrogens is 356 g/mol. The van der Waals surface area contributed by atoms with E-state index in [-0.39, 0.29) is 3.74 Å². The number of halogens is 2. The van der Waals surface area contributed by atoms with Crippen LogP contribution in [0.5, 0.6) is 5.75 Å². The minimum atomic E-state index is 0.118. The van der Waals surface area contributed by atoms with Crippen molar-refractivity contribution in [1.82, 2.24) is 0 Å². The quantitative estimate of drug-likeness (QED) is 0.429. The first kappa shape index (κ1) is 16.0. The van der Waals surface area contributed by atoms with Gasteiger partial charge >= 0.3 is 0 Å². The highest BCUT2D eigenvalue weighted by molar-refractivity contribution is 9.24. The van der Waals surface area contributed by atoms with Crippen LogP contribution in [-0.2, 0) is 6.42 Å². The number of alkyl halides is 2. The second-order valence-corrected chi connectivity index (χ2v) is 7.72. The molecule has 1 rings (SSSR count). The van der Waals surface area contributed by atoms with Gasteiger partial charge in [-0.2, -0.15) is 0 Å². The van der Waals surface area contributed by atoms with Gasteiger partial charge in [0.2, 0.25) is 0 Å². The summed E-state index contributed by atoms with van der Waals surface area (Å²) in [7, 11) is 0. The molecule has 18 heavy (non-hydrogen) atoms. The summed E-state index contributed by atoms with van der Waals surface area (Å²) in [6.07, 6.45) is 8.64. The lowest BCUT2D eigenvalue weighted by atomic mass is 10.0. The van der Waals surface area contributed by atoms with E-state index in [1.807, 2.05) is 6.07 Å². The number of aromatic hydroxyl groups is 1. The van der Waals surface area contributed by atoms with Crippen molar-refractivity contribution < 1.29 is 5.11 Å². The van der Waals surface area contributed by atoms with Gasteiger partial charge in [-0.05, 0) is 30.0 Å². The van der Waals surface area contributed by atoms with Crippen LogP contribution in [0.4, 0.5) is 0 Å². The first-order valence-electron chi connectivity index (χ1n) is 6.75. The number of hydrogen-bond donors (Lipinski definition) is 1. The van der Waals surface area contributed by atoms with Gasteiger partial charge in [0.1, 0.15) is 5.75 Å². The lowest BCUT2D eigenvalue weighted by Crippen LogP contribution is -1.94. The summed E-state index contributed by atoms with van der Waals surface area (Å²) >= 11 is 7.03. The van der Waals surface area contributed by atoms with E-state index >= 15 is 0 Å². The Labute approximate surface area is 127 Å². The molecule has 1 nitrogen and oxygen atoms in total. The van der Waals surface area contributed by atoms with Crippen molar-refractivity contribution in [2.45, 2.75) is 55.6 Å². The van der Waals surface area contributed by atoms with E-state index in [1.54, 1.807) is 6.07 Å².